The van der Waals surface area contributed by atoms with Crippen LogP contribution in [0.1, 0.15) is 33.3 Å². The minimum Gasteiger partial charge on any atom is -0.461 e. The minimum absolute atomic E-state index is 0.0132. The van der Waals surface area contributed by atoms with Gasteiger partial charge in [-0.05, 0) is 37.6 Å². The van der Waals surface area contributed by atoms with Gasteiger partial charge in [0, 0.05) is 6.07 Å². The summed E-state index contributed by atoms with van der Waals surface area (Å²) in [6.07, 6.45) is 0. The maximum absolute atomic E-state index is 13.9. The lowest BCUT2D eigenvalue weighted by Crippen LogP contribution is -2.28. The van der Waals surface area contributed by atoms with Crippen molar-refractivity contribution in [3.63, 3.8) is 0 Å². The summed E-state index contributed by atoms with van der Waals surface area (Å²) in [6, 6.07) is 10.7. The summed E-state index contributed by atoms with van der Waals surface area (Å²) >= 11 is 0. The number of halogens is 2. The van der Waals surface area contributed by atoms with Gasteiger partial charge in [0.2, 0.25) is 0 Å². The zero-order valence-electron chi connectivity index (χ0n) is 16.1. The van der Waals surface area contributed by atoms with Crippen LogP contribution in [-0.4, -0.2) is 28.3 Å². The predicted molar refractivity (Wildman–Crippen MR) is 105 cm³/mol. The fourth-order valence-corrected chi connectivity index (χ4v) is 2.77. The van der Waals surface area contributed by atoms with Gasteiger partial charge < -0.3 is 10.1 Å². The van der Waals surface area contributed by atoms with Gasteiger partial charge in [0.25, 0.3) is 11.5 Å². The molecule has 0 spiro atoms. The molecule has 0 aliphatic carbocycles. The van der Waals surface area contributed by atoms with Crippen LogP contribution in [0.2, 0.25) is 0 Å². The van der Waals surface area contributed by atoms with Crippen molar-refractivity contribution >= 4 is 17.6 Å². The molecule has 0 bridgehead atoms. The summed E-state index contributed by atoms with van der Waals surface area (Å²) in [6.45, 7) is 3.34. The van der Waals surface area contributed by atoms with E-state index in [4.69, 9.17) is 4.74 Å². The number of para-hydroxylation sites is 1. The number of nitrogens with zero attached hydrogens (tertiary/aromatic N) is 2. The number of ether oxygens (including phenoxy) is 1. The lowest BCUT2D eigenvalue weighted by atomic mass is 10.1. The molecule has 2 aromatic carbocycles. The van der Waals surface area contributed by atoms with Gasteiger partial charge in [0.05, 0.1) is 18.0 Å². The van der Waals surface area contributed by atoms with Gasteiger partial charge in [-0.1, -0.05) is 24.3 Å². The van der Waals surface area contributed by atoms with Gasteiger partial charge in [0.15, 0.2) is 5.69 Å². The molecule has 0 aliphatic rings. The van der Waals surface area contributed by atoms with E-state index in [-0.39, 0.29) is 18.0 Å². The second kappa shape index (κ2) is 8.64. The van der Waals surface area contributed by atoms with Crippen LogP contribution in [0.15, 0.2) is 53.3 Å². The number of nitrogens with one attached hydrogen (secondary N) is 1. The second-order valence-electron chi connectivity index (χ2n) is 6.21. The summed E-state index contributed by atoms with van der Waals surface area (Å²) in [4.78, 5) is 37.5. The Hall–Kier alpha value is -3.88. The standard InChI is InChI=1S/C21H17F2N3O4/c1-3-30-21(29)19-15(24-20(28)18-13(22)8-6-9-14(18)23)11-17(27)26(25-19)16-10-5-4-7-12(16)2/h4-11H,3H2,1-2H3,(H,24,28). The Morgan fingerprint density at radius 2 is 1.77 bits per heavy atom. The zero-order chi connectivity index (χ0) is 21.8. The number of esters is 1. The zero-order valence-corrected chi connectivity index (χ0v) is 16.1. The fraction of sp³-hybridized carbons (Fsp3) is 0.143. The van der Waals surface area contributed by atoms with Crippen LogP contribution in [0.4, 0.5) is 14.5 Å². The van der Waals surface area contributed by atoms with Crippen molar-refractivity contribution in [3.8, 4) is 5.69 Å². The molecule has 9 heteroatoms. The molecule has 1 N–H and O–H groups in total. The van der Waals surface area contributed by atoms with Gasteiger partial charge in [-0.2, -0.15) is 9.78 Å². The first-order valence-corrected chi connectivity index (χ1v) is 8.96. The molecule has 3 aromatic rings. The summed E-state index contributed by atoms with van der Waals surface area (Å²) in [5, 5.41) is 6.23. The van der Waals surface area contributed by atoms with E-state index in [2.05, 4.69) is 10.4 Å². The first kappa shape index (κ1) is 20.8. The maximum atomic E-state index is 13.9. The molecule has 0 unspecified atom stereocenters. The average Bonchev–Trinajstić information content (AvgIpc) is 2.69. The van der Waals surface area contributed by atoms with Crippen molar-refractivity contribution in [2.24, 2.45) is 0 Å². The molecule has 0 radical (unpaired) electrons. The summed E-state index contributed by atoms with van der Waals surface area (Å²) in [5.41, 5.74) is -1.09. The van der Waals surface area contributed by atoms with E-state index >= 15 is 0 Å². The Kier molecular flexibility index (Phi) is 6.01. The summed E-state index contributed by atoms with van der Waals surface area (Å²) in [7, 11) is 0. The topological polar surface area (TPSA) is 90.3 Å². The highest BCUT2D eigenvalue weighted by molar-refractivity contribution is 6.07. The van der Waals surface area contributed by atoms with E-state index < -0.39 is 34.6 Å². The van der Waals surface area contributed by atoms with E-state index in [1.54, 1.807) is 38.1 Å². The monoisotopic (exact) mass is 413 g/mol. The number of carbonyl (C=O) groups is 2. The quantitative estimate of drug-likeness (QED) is 0.649. The van der Waals surface area contributed by atoms with E-state index in [0.717, 1.165) is 28.9 Å². The Balaban J connectivity index is 2.11. The maximum Gasteiger partial charge on any atom is 0.360 e. The smallest absolute Gasteiger partial charge is 0.360 e. The number of rotatable bonds is 5. The normalized spacial score (nSPS) is 10.5. The van der Waals surface area contributed by atoms with Gasteiger partial charge in [-0.3, -0.25) is 9.59 Å². The molecular weight excluding hydrogens is 396 g/mol. The Labute approximate surface area is 169 Å². The van der Waals surface area contributed by atoms with Gasteiger partial charge in [0.1, 0.15) is 17.2 Å². The fourth-order valence-electron chi connectivity index (χ4n) is 2.77. The van der Waals surface area contributed by atoms with E-state index in [1.165, 1.54) is 0 Å². The van der Waals surface area contributed by atoms with Crippen LogP contribution in [0.5, 0.6) is 0 Å². The predicted octanol–water partition coefficient (Wildman–Crippen LogP) is 3.25. The molecule has 0 aliphatic heterocycles. The van der Waals surface area contributed by atoms with Gasteiger partial charge >= 0.3 is 5.97 Å². The Bertz CT molecular complexity index is 1170. The number of carbonyl (C=O) groups excluding carboxylic acids is 2. The molecule has 3 rings (SSSR count). The van der Waals surface area contributed by atoms with E-state index in [1.807, 2.05) is 0 Å². The van der Waals surface area contributed by atoms with Crippen LogP contribution in [0.3, 0.4) is 0 Å². The molecule has 1 aromatic heterocycles. The first-order valence-electron chi connectivity index (χ1n) is 8.96. The van der Waals surface area contributed by atoms with Crippen molar-refractivity contribution in [2.45, 2.75) is 13.8 Å². The number of hydrogen-bond acceptors (Lipinski definition) is 5. The van der Waals surface area contributed by atoms with Crippen molar-refractivity contribution in [3.05, 3.63) is 87.3 Å². The molecule has 7 nitrogen and oxygen atoms in total. The van der Waals surface area contributed by atoms with Crippen molar-refractivity contribution in [1.82, 2.24) is 9.78 Å². The van der Waals surface area contributed by atoms with Crippen LogP contribution in [0.25, 0.3) is 5.69 Å². The number of aryl methyl sites for hydroxylation is 1. The molecule has 0 saturated carbocycles. The lowest BCUT2D eigenvalue weighted by molar-refractivity contribution is 0.0518. The Morgan fingerprint density at radius 1 is 1.10 bits per heavy atom. The number of anilines is 1. The first-order chi connectivity index (χ1) is 14.3. The number of benzene rings is 2. The number of hydrogen-bond donors (Lipinski definition) is 1. The molecule has 1 amide bonds. The van der Waals surface area contributed by atoms with E-state index in [0.29, 0.717) is 11.3 Å². The molecule has 0 atom stereocenters. The number of aromatic nitrogens is 2. The Morgan fingerprint density at radius 3 is 2.40 bits per heavy atom. The highest BCUT2D eigenvalue weighted by Gasteiger charge is 2.23. The van der Waals surface area contributed by atoms with Gasteiger partial charge in [-0.15, -0.1) is 0 Å². The van der Waals surface area contributed by atoms with Crippen molar-refractivity contribution < 1.29 is 23.1 Å². The highest BCUT2D eigenvalue weighted by Crippen LogP contribution is 2.19. The molecule has 1 heterocycles. The van der Waals surface area contributed by atoms with Crippen molar-refractivity contribution in [2.75, 3.05) is 11.9 Å². The summed E-state index contributed by atoms with van der Waals surface area (Å²) < 4.78 is 33.8. The van der Waals surface area contributed by atoms with Crippen molar-refractivity contribution in [1.29, 1.82) is 0 Å². The molecule has 30 heavy (non-hydrogen) atoms. The SMILES string of the molecule is CCOC(=O)c1nn(-c2ccccc2C)c(=O)cc1NC(=O)c1c(F)cccc1F. The molecule has 0 saturated heterocycles. The largest absolute Gasteiger partial charge is 0.461 e. The van der Waals surface area contributed by atoms with Crippen LogP contribution < -0.4 is 10.9 Å². The van der Waals surface area contributed by atoms with Crippen LogP contribution in [-0.2, 0) is 4.74 Å². The minimum atomic E-state index is -1.18. The summed E-state index contributed by atoms with van der Waals surface area (Å²) in [5.74, 6) is -4.27. The van der Waals surface area contributed by atoms with Gasteiger partial charge in [-0.25, -0.2) is 13.6 Å². The third-order valence-electron chi connectivity index (χ3n) is 4.18. The average molecular weight is 413 g/mol. The van der Waals surface area contributed by atoms with E-state index in [9.17, 15) is 23.2 Å². The second-order valence-corrected chi connectivity index (χ2v) is 6.21. The molecular formula is C21H17F2N3O4. The van der Waals surface area contributed by atoms with Crippen LogP contribution >= 0.6 is 0 Å². The lowest BCUT2D eigenvalue weighted by Gasteiger charge is -2.14. The van der Waals surface area contributed by atoms with Crippen LogP contribution in [0, 0.1) is 18.6 Å². The third-order valence-corrected chi connectivity index (χ3v) is 4.18. The number of amides is 1. The molecule has 154 valence electrons. The molecule has 0 fully saturated rings. The highest BCUT2D eigenvalue weighted by atomic mass is 19.1. The third kappa shape index (κ3) is 4.09.